The Morgan fingerprint density at radius 1 is 0.722 bits per heavy atom. The predicted molar refractivity (Wildman–Crippen MR) is 90.0 cm³/mol. The van der Waals surface area contributed by atoms with Crippen LogP contribution in [-0.4, -0.2) is 17.0 Å². The van der Waals surface area contributed by atoms with Crippen molar-refractivity contribution in [1.29, 1.82) is 0 Å². The Morgan fingerprint density at radius 3 is 1.44 bits per heavy atom. The predicted octanol–water partition coefficient (Wildman–Crippen LogP) is 4.60. The number of hydrogen-bond acceptors (Lipinski definition) is 1. The maximum atomic E-state index is 2.50. The molecule has 3 heteroatoms. The van der Waals surface area contributed by atoms with Gasteiger partial charge < -0.3 is 0 Å². The van der Waals surface area contributed by atoms with E-state index in [0.717, 1.165) is 0 Å². The molecule has 0 saturated heterocycles. The molecule has 0 aliphatic heterocycles. The van der Waals surface area contributed by atoms with E-state index in [1.165, 1.54) is 10.6 Å². The number of rotatable bonds is 4. The van der Waals surface area contributed by atoms with Gasteiger partial charge in [0, 0.05) is 0 Å². The van der Waals surface area contributed by atoms with E-state index in [0.29, 0.717) is 0 Å². The molecule has 0 atom stereocenters. The van der Waals surface area contributed by atoms with Crippen molar-refractivity contribution in [3.05, 3.63) is 60.7 Å². The second-order valence-electron chi connectivity index (χ2n) is 5.17. The van der Waals surface area contributed by atoms with Crippen LogP contribution < -0.4 is 10.6 Å². The van der Waals surface area contributed by atoms with Crippen molar-refractivity contribution in [2.24, 2.45) is 0 Å². The van der Waals surface area contributed by atoms with Gasteiger partial charge in [-0.2, -0.15) is 0 Å². The van der Waals surface area contributed by atoms with Gasteiger partial charge in [0.2, 0.25) is 0 Å². The summed E-state index contributed by atoms with van der Waals surface area (Å²) >= 11 is -1.87. The van der Waals surface area contributed by atoms with Crippen LogP contribution in [0.5, 0.6) is 0 Å². The summed E-state index contributed by atoms with van der Waals surface area (Å²) in [7, 11) is 2.05. The summed E-state index contributed by atoms with van der Waals surface area (Å²) in [4.78, 5) is 7.50. The molecule has 2 aromatic carbocycles. The van der Waals surface area contributed by atoms with E-state index in [1.807, 2.05) is 0 Å². The summed E-state index contributed by atoms with van der Waals surface area (Å²) in [6, 6.07) is 22.0. The van der Waals surface area contributed by atoms with Gasteiger partial charge in [0.15, 0.2) is 0 Å². The van der Waals surface area contributed by atoms with Gasteiger partial charge in [-0.3, -0.25) is 0 Å². The van der Waals surface area contributed by atoms with Gasteiger partial charge in [-0.1, -0.05) is 0 Å². The van der Waals surface area contributed by atoms with Crippen LogP contribution in [-0.2, 0) is 0 Å². The summed E-state index contributed by atoms with van der Waals surface area (Å²) in [6.07, 6.45) is 0. The van der Waals surface area contributed by atoms with Crippen molar-refractivity contribution in [1.82, 2.24) is 0 Å². The molecule has 0 aliphatic carbocycles. The Kier molecular flexibility index (Phi) is 5.17. The fourth-order valence-corrected chi connectivity index (χ4v) is 26.1. The molecule has 0 heterocycles. The van der Waals surface area contributed by atoms with Gasteiger partial charge >= 0.3 is 119 Å². The summed E-state index contributed by atoms with van der Waals surface area (Å²) in [5, 5.41) is 2.99. The van der Waals surface area contributed by atoms with Crippen LogP contribution >= 0.6 is 15.7 Å². The monoisotopic (exact) mass is 382 g/mol. The second-order valence-corrected chi connectivity index (χ2v) is 33.6. The van der Waals surface area contributed by atoms with Crippen molar-refractivity contribution in [2.45, 2.75) is 14.8 Å². The summed E-state index contributed by atoms with van der Waals surface area (Å²) in [5.41, 5.74) is 0. The zero-order valence-corrected chi connectivity index (χ0v) is 15.7. The molecular formula is C15H19PSSn. The molecule has 18 heavy (non-hydrogen) atoms. The minimum absolute atomic E-state index is 0.229. The normalized spacial score (nSPS) is 11.8. The van der Waals surface area contributed by atoms with E-state index in [2.05, 4.69) is 84.0 Å². The van der Waals surface area contributed by atoms with Crippen LogP contribution in [0.25, 0.3) is 0 Å². The van der Waals surface area contributed by atoms with Crippen molar-refractivity contribution in [2.75, 3.05) is 0 Å². The Labute approximate surface area is 118 Å². The van der Waals surface area contributed by atoms with E-state index in [-0.39, 0.29) is 7.12 Å². The standard InChI is InChI=1S/C12H10PS.3CH3.Sn/c14-13(11-7-3-1-4-8-11)12-9-5-2-6-10-12;;;;/h1-10H;3*1H3;/q-1;;;;+1. The summed E-state index contributed by atoms with van der Waals surface area (Å²) in [5.74, 6) is 0. The van der Waals surface area contributed by atoms with E-state index in [9.17, 15) is 0 Å². The molecule has 0 amide bonds. The van der Waals surface area contributed by atoms with E-state index in [4.69, 9.17) is 0 Å². The zero-order valence-electron chi connectivity index (χ0n) is 11.1. The van der Waals surface area contributed by atoms with E-state index < -0.39 is 17.0 Å². The van der Waals surface area contributed by atoms with Crippen molar-refractivity contribution in [3.8, 4) is 0 Å². The van der Waals surface area contributed by atoms with Crippen LogP contribution in [0, 0.1) is 0 Å². The molecule has 0 nitrogen and oxygen atoms in total. The first-order valence-electron chi connectivity index (χ1n) is 6.16. The van der Waals surface area contributed by atoms with Gasteiger partial charge in [-0.15, -0.1) is 0 Å². The van der Waals surface area contributed by atoms with Gasteiger partial charge in [0.25, 0.3) is 0 Å². The number of benzene rings is 2. The molecule has 0 N–H and O–H groups in total. The molecule has 0 fully saturated rings. The minimum atomic E-state index is -1.87. The average molecular weight is 381 g/mol. The van der Waals surface area contributed by atoms with E-state index in [1.54, 1.807) is 0 Å². The molecule has 0 aliphatic rings. The summed E-state index contributed by atoms with van der Waals surface area (Å²) < 4.78 is 0. The molecule has 0 saturated carbocycles. The zero-order chi connectivity index (χ0) is 13.0. The first kappa shape index (κ1) is 14.4. The second kappa shape index (κ2) is 6.45. The van der Waals surface area contributed by atoms with Crippen LogP contribution in [0.2, 0.25) is 14.8 Å². The van der Waals surface area contributed by atoms with Crippen molar-refractivity contribution >= 4 is 43.3 Å². The Morgan fingerprint density at radius 2 is 1.11 bits per heavy atom. The van der Waals surface area contributed by atoms with Gasteiger partial charge in [0.05, 0.1) is 0 Å². The third kappa shape index (κ3) is 4.29. The first-order valence-corrected chi connectivity index (χ1v) is 21.0. The van der Waals surface area contributed by atoms with Gasteiger partial charge in [-0.25, -0.2) is 0 Å². The molecule has 0 bridgehead atoms. The fourth-order valence-electron chi connectivity index (χ4n) is 1.66. The molecule has 0 spiro atoms. The van der Waals surface area contributed by atoms with Crippen molar-refractivity contribution in [3.63, 3.8) is 0 Å². The molecule has 2 aromatic rings. The first-order chi connectivity index (χ1) is 8.56. The third-order valence-corrected chi connectivity index (χ3v) is 26.8. The third-order valence-electron chi connectivity index (χ3n) is 2.35. The Balaban J connectivity index is 2.36. The summed E-state index contributed by atoms with van der Waals surface area (Å²) in [6.45, 7) is 0. The molecular weight excluding hydrogens is 362 g/mol. The topological polar surface area (TPSA) is 0 Å². The molecule has 0 aromatic heterocycles. The van der Waals surface area contributed by atoms with Crippen LogP contribution in [0.1, 0.15) is 0 Å². The van der Waals surface area contributed by atoms with Crippen LogP contribution in [0.3, 0.4) is 0 Å². The van der Waals surface area contributed by atoms with Crippen LogP contribution in [0.15, 0.2) is 60.7 Å². The van der Waals surface area contributed by atoms with E-state index >= 15 is 0 Å². The SMILES string of the molecule is [CH3][Sn]([CH3])([CH3])[S]P(c1ccccc1)c1ccccc1. The van der Waals surface area contributed by atoms with Crippen molar-refractivity contribution < 1.29 is 0 Å². The maximum absolute atomic E-state index is 2.50. The molecule has 2 rings (SSSR count). The average Bonchev–Trinajstić information content (AvgIpc) is 2.37. The van der Waals surface area contributed by atoms with Gasteiger partial charge in [-0.05, 0) is 0 Å². The fraction of sp³-hybridized carbons (Fsp3) is 0.200. The Bertz CT molecular complexity index is 439. The van der Waals surface area contributed by atoms with Gasteiger partial charge in [0.1, 0.15) is 0 Å². The molecule has 0 unspecified atom stereocenters. The molecule has 94 valence electrons. The molecule has 0 radical (unpaired) electrons. The number of hydrogen-bond donors (Lipinski definition) is 0. The quantitative estimate of drug-likeness (QED) is 0.551. The van der Waals surface area contributed by atoms with Crippen LogP contribution in [0.4, 0.5) is 0 Å². The Hall–Kier alpha value is 0.0187.